The first-order valence-corrected chi connectivity index (χ1v) is 7.22. The van der Waals surface area contributed by atoms with Crippen LogP contribution in [0.2, 0.25) is 0 Å². The van der Waals surface area contributed by atoms with E-state index in [-0.39, 0.29) is 18.0 Å². The molecule has 2 rings (SSSR count). The normalized spacial score (nSPS) is 21.1. The standard InChI is InChI=1S/C16H22N2O3/c1-10-4-7-14(11(2)8-10)18(3)16(21)17-13-6-5-12(9-13)15(19)20/h4,7-8,12-13H,5-6,9H2,1-3H3,(H,17,21)(H,19,20)/t12-,13+/m1/s1. The Bertz CT molecular complexity index is 556. The quantitative estimate of drug-likeness (QED) is 0.899. The molecule has 1 aliphatic carbocycles. The molecule has 2 amide bonds. The van der Waals surface area contributed by atoms with Crippen molar-refractivity contribution >= 4 is 17.7 Å². The molecule has 0 aromatic heterocycles. The number of hydrogen-bond acceptors (Lipinski definition) is 2. The van der Waals surface area contributed by atoms with E-state index in [0.29, 0.717) is 12.8 Å². The highest BCUT2D eigenvalue weighted by Gasteiger charge is 2.31. The second-order valence-corrected chi connectivity index (χ2v) is 5.84. The molecule has 0 spiro atoms. The fourth-order valence-electron chi connectivity index (χ4n) is 2.90. The largest absolute Gasteiger partial charge is 0.481 e. The Morgan fingerprint density at radius 1 is 1.29 bits per heavy atom. The molecule has 0 saturated heterocycles. The molecule has 21 heavy (non-hydrogen) atoms. The van der Waals surface area contributed by atoms with Crippen LogP contribution >= 0.6 is 0 Å². The molecule has 2 atom stereocenters. The van der Waals surface area contributed by atoms with Gasteiger partial charge in [0, 0.05) is 18.8 Å². The lowest BCUT2D eigenvalue weighted by Crippen LogP contribution is -2.42. The summed E-state index contributed by atoms with van der Waals surface area (Å²) in [5.41, 5.74) is 3.07. The van der Waals surface area contributed by atoms with Gasteiger partial charge in [0.2, 0.25) is 0 Å². The van der Waals surface area contributed by atoms with Crippen LogP contribution in [0.15, 0.2) is 18.2 Å². The average molecular weight is 290 g/mol. The number of rotatable bonds is 3. The maximum atomic E-state index is 12.3. The van der Waals surface area contributed by atoms with Gasteiger partial charge in [-0.05, 0) is 44.7 Å². The Labute approximate surface area is 125 Å². The minimum Gasteiger partial charge on any atom is -0.481 e. The zero-order valence-corrected chi connectivity index (χ0v) is 12.7. The summed E-state index contributed by atoms with van der Waals surface area (Å²) in [5, 5.41) is 11.9. The molecule has 5 heteroatoms. The third-order valence-corrected chi connectivity index (χ3v) is 4.13. The van der Waals surface area contributed by atoms with E-state index < -0.39 is 5.97 Å². The monoisotopic (exact) mass is 290 g/mol. The number of nitrogens with one attached hydrogen (secondary N) is 1. The van der Waals surface area contributed by atoms with Crippen molar-refractivity contribution in [2.45, 2.75) is 39.2 Å². The minimum atomic E-state index is -0.769. The molecule has 1 saturated carbocycles. The smallest absolute Gasteiger partial charge is 0.321 e. The van der Waals surface area contributed by atoms with Gasteiger partial charge in [-0.25, -0.2) is 4.79 Å². The number of aryl methyl sites for hydroxylation is 2. The van der Waals surface area contributed by atoms with Crippen LogP contribution in [0.1, 0.15) is 30.4 Å². The van der Waals surface area contributed by atoms with Crippen LogP contribution in [0.4, 0.5) is 10.5 Å². The minimum absolute atomic E-state index is 0.0493. The number of carbonyl (C=O) groups is 2. The summed E-state index contributed by atoms with van der Waals surface area (Å²) in [6.07, 6.45) is 1.87. The van der Waals surface area contributed by atoms with Crippen LogP contribution in [-0.4, -0.2) is 30.2 Å². The molecule has 1 aromatic carbocycles. The summed E-state index contributed by atoms with van der Waals surface area (Å²) >= 11 is 0. The number of aliphatic carboxylic acids is 1. The lowest BCUT2D eigenvalue weighted by molar-refractivity contribution is -0.141. The van der Waals surface area contributed by atoms with E-state index in [4.69, 9.17) is 5.11 Å². The molecule has 114 valence electrons. The lowest BCUT2D eigenvalue weighted by atomic mass is 10.1. The van der Waals surface area contributed by atoms with Gasteiger partial charge in [0.05, 0.1) is 5.92 Å². The molecule has 0 heterocycles. The van der Waals surface area contributed by atoms with E-state index in [1.165, 1.54) is 0 Å². The number of carboxylic acids is 1. The van der Waals surface area contributed by atoms with Crippen LogP contribution in [0.25, 0.3) is 0 Å². The van der Waals surface area contributed by atoms with Crippen molar-refractivity contribution < 1.29 is 14.7 Å². The van der Waals surface area contributed by atoms with Crippen LogP contribution < -0.4 is 10.2 Å². The Kier molecular flexibility index (Phi) is 4.50. The average Bonchev–Trinajstić information content (AvgIpc) is 2.86. The van der Waals surface area contributed by atoms with Gasteiger partial charge < -0.3 is 10.4 Å². The molecule has 1 fully saturated rings. The van der Waals surface area contributed by atoms with E-state index in [9.17, 15) is 9.59 Å². The van der Waals surface area contributed by atoms with E-state index >= 15 is 0 Å². The van der Waals surface area contributed by atoms with Gasteiger partial charge in [-0.2, -0.15) is 0 Å². The molecular weight excluding hydrogens is 268 g/mol. The zero-order valence-electron chi connectivity index (χ0n) is 12.7. The molecule has 0 radical (unpaired) electrons. The number of hydrogen-bond donors (Lipinski definition) is 2. The highest BCUT2D eigenvalue weighted by Crippen LogP contribution is 2.26. The number of nitrogens with zero attached hydrogens (tertiary/aromatic N) is 1. The van der Waals surface area contributed by atoms with E-state index in [1.54, 1.807) is 11.9 Å². The SMILES string of the molecule is Cc1ccc(N(C)C(=O)N[C@H]2CC[C@@H](C(=O)O)C2)c(C)c1. The van der Waals surface area contributed by atoms with Gasteiger partial charge in [0.1, 0.15) is 0 Å². The van der Waals surface area contributed by atoms with Gasteiger partial charge in [0.15, 0.2) is 0 Å². The Morgan fingerprint density at radius 3 is 2.57 bits per heavy atom. The fraction of sp³-hybridized carbons (Fsp3) is 0.500. The fourth-order valence-corrected chi connectivity index (χ4v) is 2.90. The molecule has 0 bridgehead atoms. The number of urea groups is 1. The Morgan fingerprint density at radius 2 is 2.00 bits per heavy atom. The second-order valence-electron chi connectivity index (χ2n) is 5.84. The van der Waals surface area contributed by atoms with Crippen LogP contribution in [0, 0.1) is 19.8 Å². The van der Waals surface area contributed by atoms with E-state index in [1.807, 2.05) is 32.0 Å². The van der Waals surface area contributed by atoms with Gasteiger partial charge >= 0.3 is 12.0 Å². The van der Waals surface area contributed by atoms with Crippen LogP contribution in [0.5, 0.6) is 0 Å². The predicted octanol–water partition coefficient (Wildman–Crippen LogP) is 2.70. The van der Waals surface area contributed by atoms with Gasteiger partial charge in [-0.15, -0.1) is 0 Å². The summed E-state index contributed by atoms with van der Waals surface area (Å²) in [4.78, 5) is 24.8. The molecule has 1 aliphatic rings. The third-order valence-electron chi connectivity index (χ3n) is 4.13. The molecule has 1 aromatic rings. The second kappa shape index (κ2) is 6.16. The lowest BCUT2D eigenvalue weighted by Gasteiger charge is -2.23. The molecule has 5 nitrogen and oxygen atoms in total. The van der Waals surface area contributed by atoms with Crippen molar-refractivity contribution in [3.05, 3.63) is 29.3 Å². The Hall–Kier alpha value is -2.04. The van der Waals surface area contributed by atoms with E-state index in [0.717, 1.165) is 23.2 Å². The predicted molar refractivity (Wildman–Crippen MR) is 81.6 cm³/mol. The number of amides is 2. The summed E-state index contributed by atoms with van der Waals surface area (Å²) < 4.78 is 0. The summed E-state index contributed by atoms with van der Waals surface area (Å²) in [6.45, 7) is 3.99. The van der Waals surface area contributed by atoms with Gasteiger partial charge in [-0.1, -0.05) is 17.7 Å². The number of carboxylic acid groups (broad SMARTS) is 1. The van der Waals surface area contributed by atoms with E-state index in [2.05, 4.69) is 5.32 Å². The number of carbonyl (C=O) groups excluding carboxylic acids is 1. The molecule has 0 unspecified atom stereocenters. The highest BCUT2D eigenvalue weighted by atomic mass is 16.4. The highest BCUT2D eigenvalue weighted by molar-refractivity contribution is 5.92. The first-order valence-electron chi connectivity index (χ1n) is 7.22. The van der Waals surface area contributed by atoms with Crippen molar-refractivity contribution in [1.29, 1.82) is 0 Å². The maximum Gasteiger partial charge on any atom is 0.321 e. The third kappa shape index (κ3) is 3.54. The summed E-state index contributed by atoms with van der Waals surface area (Å²) in [7, 11) is 1.73. The van der Waals surface area contributed by atoms with Crippen molar-refractivity contribution in [1.82, 2.24) is 5.32 Å². The molecule has 2 N–H and O–H groups in total. The Balaban J connectivity index is 1.99. The number of benzene rings is 1. The summed E-state index contributed by atoms with van der Waals surface area (Å²) in [6, 6.07) is 5.71. The summed E-state index contributed by atoms with van der Waals surface area (Å²) in [5.74, 6) is -1.10. The van der Waals surface area contributed by atoms with Crippen molar-refractivity contribution in [3.8, 4) is 0 Å². The van der Waals surface area contributed by atoms with Gasteiger partial charge in [0.25, 0.3) is 0 Å². The van der Waals surface area contributed by atoms with Crippen LogP contribution in [0.3, 0.4) is 0 Å². The van der Waals surface area contributed by atoms with Gasteiger partial charge in [-0.3, -0.25) is 9.69 Å². The molecular formula is C16H22N2O3. The molecule has 0 aliphatic heterocycles. The number of anilines is 1. The van der Waals surface area contributed by atoms with Crippen molar-refractivity contribution in [2.24, 2.45) is 5.92 Å². The maximum absolute atomic E-state index is 12.3. The first kappa shape index (κ1) is 15.4. The zero-order chi connectivity index (χ0) is 15.6. The first-order chi connectivity index (χ1) is 9.88. The van der Waals surface area contributed by atoms with Crippen molar-refractivity contribution in [2.75, 3.05) is 11.9 Å². The van der Waals surface area contributed by atoms with Crippen molar-refractivity contribution in [3.63, 3.8) is 0 Å². The van der Waals surface area contributed by atoms with Crippen LogP contribution in [-0.2, 0) is 4.79 Å². The topological polar surface area (TPSA) is 69.6 Å².